The summed E-state index contributed by atoms with van der Waals surface area (Å²) < 4.78 is 1.89. The normalized spacial score (nSPS) is 18.3. The van der Waals surface area contributed by atoms with Gasteiger partial charge in [-0.2, -0.15) is 5.10 Å². The first-order chi connectivity index (χ1) is 8.79. The lowest BCUT2D eigenvalue weighted by Crippen LogP contribution is -2.32. The molecule has 1 unspecified atom stereocenters. The average Bonchev–Trinajstić information content (AvgIpc) is 2.99. The maximum atomic E-state index is 4.33. The van der Waals surface area contributed by atoms with Crippen LogP contribution in [0.4, 0.5) is 0 Å². The van der Waals surface area contributed by atoms with Crippen LogP contribution in [0.3, 0.4) is 0 Å². The summed E-state index contributed by atoms with van der Waals surface area (Å²) in [5.74, 6) is 2.07. The summed E-state index contributed by atoms with van der Waals surface area (Å²) in [6.07, 6.45) is 11.1. The first-order valence-corrected chi connectivity index (χ1v) is 7.35. The van der Waals surface area contributed by atoms with Crippen LogP contribution in [0.1, 0.15) is 51.3 Å². The monoisotopic (exact) mass is 250 g/mol. The van der Waals surface area contributed by atoms with E-state index in [1.807, 2.05) is 11.7 Å². The molecule has 1 N–H and O–H groups in total. The van der Waals surface area contributed by atoms with Gasteiger partial charge in [0.05, 0.1) is 0 Å². The molecule has 1 aliphatic carbocycles. The molecule has 1 fully saturated rings. The fourth-order valence-electron chi connectivity index (χ4n) is 3.03. The van der Waals surface area contributed by atoms with Gasteiger partial charge < -0.3 is 5.32 Å². The van der Waals surface area contributed by atoms with Crippen LogP contribution in [0.2, 0.25) is 0 Å². The van der Waals surface area contributed by atoms with E-state index in [1.54, 1.807) is 6.33 Å². The molecule has 0 radical (unpaired) electrons. The molecular weight excluding hydrogens is 224 g/mol. The molecule has 1 atom stereocenters. The smallest absolute Gasteiger partial charge is 0.138 e. The lowest BCUT2D eigenvalue weighted by Gasteiger charge is -2.19. The maximum Gasteiger partial charge on any atom is 0.138 e. The Kier molecular flexibility index (Phi) is 5.17. The van der Waals surface area contributed by atoms with Gasteiger partial charge in [0.25, 0.3) is 0 Å². The third-order valence-corrected chi connectivity index (χ3v) is 4.13. The maximum absolute atomic E-state index is 4.33. The molecule has 4 nitrogen and oxygen atoms in total. The highest BCUT2D eigenvalue weighted by Crippen LogP contribution is 2.29. The second kappa shape index (κ2) is 6.88. The summed E-state index contributed by atoms with van der Waals surface area (Å²) >= 11 is 0. The Labute approximate surface area is 110 Å². The molecule has 102 valence electrons. The molecule has 1 heterocycles. The Balaban J connectivity index is 1.81. The molecule has 0 saturated heterocycles. The summed E-state index contributed by atoms with van der Waals surface area (Å²) in [5.41, 5.74) is 0. The number of hydrogen-bond acceptors (Lipinski definition) is 3. The fraction of sp³-hybridized carbons (Fsp3) is 0.857. The minimum absolute atomic E-state index is 0.554. The van der Waals surface area contributed by atoms with Gasteiger partial charge in [0.1, 0.15) is 12.2 Å². The second-order valence-electron chi connectivity index (χ2n) is 5.49. The minimum Gasteiger partial charge on any atom is -0.314 e. The predicted molar refractivity (Wildman–Crippen MR) is 73.4 cm³/mol. The standard InChI is InChI=1S/C14H26N4/c1-3-15-13(9-8-12-6-4-5-7-12)10-14-16-11-17-18(14)2/h11-13,15H,3-10H2,1-2H3. The van der Waals surface area contributed by atoms with Crippen molar-refractivity contribution in [2.24, 2.45) is 13.0 Å². The van der Waals surface area contributed by atoms with E-state index in [4.69, 9.17) is 0 Å². The zero-order valence-electron chi connectivity index (χ0n) is 11.7. The Hall–Kier alpha value is -0.900. The van der Waals surface area contributed by atoms with Crippen molar-refractivity contribution in [1.82, 2.24) is 20.1 Å². The molecule has 0 spiro atoms. The van der Waals surface area contributed by atoms with Crippen LogP contribution in [0.15, 0.2) is 6.33 Å². The minimum atomic E-state index is 0.554. The third-order valence-electron chi connectivity index (χ3n) is 4.13. The zero-order valence-corrected chi connectivity index (χ0v) is 11.7. The van der Waals surface area contributed by atoms with E-state index in [0.717, 1.165) is 24.7 Å². The van der Waals surface area contributed by atoms with Crippen molar-refractivity contribution in [1.29, 1.82) is 0 Å². The van der Waals surface area contributed by atoms with E-state index in [0.29, 0.717) is 6.04 Å². The highest BCUT2D eigenvalue weighted by Gasteiger charge is 2.18. The van der Waals surface area contributed by atoms with Gasteiger partial charge in [-0.3, -0.25) is 4.68 Å². The van der Waals surface area contributed by atoms with Gasteiger partial charge in [0.2, 0.25) is 0 Å². The first kappa shape index (κ1) is 13.5. The lowest BCUT2D eigenvalue weighted by molar-refractivity contribution is 0.400. The van der Waals surface area contributed by atoms with Crippen LogP contribution in [0.25, 0.3) is 0 Å². The first-order valence-electron chi connectivity index (χ1n) is 7.35. The Bertz CT molecular complexity index is 341. The van der Waals surface area contributed by atoms with E-state index in [1.165, 1.54) is 38.5 Å². The largest absolute Gasteiger partial charge is 0.314 e. The van der Waals surface area contributed by atoms with Crippen molar-refractivity contribution in [3.8, 4) is 0 Å². The Morgan fingerprint density at radius 3 is 2.83 bits per heavy atom. The van der Waals surface area contributed by atoms with E-state index in [9.17, 15) is 0 Å². The highest BCUT2D eigenvalue weighted by molar-refractivity contribution is 4.89. The average molecular weight is 250 g/mol. The molecule has 1 saturated carbocycles. The summed E-state index contributed by atoms with van der Waals surface area (Å²) in [4.78, 5) is 4.33. The molecule has 0 bridgehead atoms. The topological polar surface area (TPSA) is 42.7 Å². The van der Waals surface area contributed by atoms with E-state index >= 15 is 0 Å². The zero-order chi connectivity index (χ0) is 12.8. The summed E-state index contributed by atoms with van der Waals surface area (Å²) in [6.45, 7) is 3.21. The molecule has 1 aliphatic rings. The van der Waals surface area contributed by atoms with Crippen molar-refractivity contribution in [3.63, 3.8) is 0 Å². The van der Waals surface area contributed by atoms with Crippen LogP contribution in [0.5, 0.6) is 0 Å². The number of aryl methyl sites for hydroxylation is 1. The summed E-state index contributed by atoms with van der Waals surface area (Å²) in [6, 6.07) is 0.554. The van der Waals surface area contributed by atoms with Gasteiger partial charge in [0.15, 0.2) is 0 Å². The van der Waals surface area contributed by atoms with Crippen molar-refractivity contribution in [2.45, 2.75) is 57.9 Å². The van der Waals surface area contributed by atoms with Gasteiger partial charge in [0, 0.05) is 19.5 Å². The SMILES string of the molecule is CCNC(CCC1CCCC1)Cc1ncnn1C. The van der Waals surface area contributed by atoms with Crippen molar-refractivity contribution < 1.29 is 0 Å². The quantitative estimate of drug-likeness (QED) is 0.807. The number of likely N-dealkylation sites (N-methyl/N-ethyl adjacent to an activating group) is 1. The number of nitrogens with one attached hydrogen (secondary N) is 1. The molecule has 1 aromatic heterocycles. The molecule has 2 rings (SSSR count). The number of aromatic nitrogens is 3. The van der Waals surface area contributed by atoms with Crippen LogP contribution >= 0.6 is 0 Å². The molecule has 18 heavy (non-hydrogen) atoms. The van der Waals surface area contributed by atoms with Crippen LogP contribution in [-0.2, 0) is 13.5 Å². The molecule has 0 amide bonds. The molecule has 4 heteroatoms. The van der Waals surface area contributed by atoms with E-state index < -0.39 is 0 Å². The highest BCUT2D eigenvalue weighted by atomic mass is 15.3. The Morgan fingerprint density at radius 1 is 1.44 bits per heavy atom. The van der Waals surface area contributed by atoms with Crippen LogP contribution in [0, 0.1) is 5.92 Å². The van der Waals surface area contributed by atoms with Crippen molar-refractivity contribution >= 4 is 0 Å². The fourth-order valence-corrected chi connectivity index (χ4v) is 3.03. The molecule has 0 aliphatic heterocycles. The second-order valence-corrected chi connectivity index (χ2v) is 5.49. The van der Waals surface area contributed by atoms with Gasteiger partial charge in [-0.05, 0) is 25.3 Å². The predicted octanol–water partition coefficient (Wildman–Crippen LogP) is 2.31. The van der Waals surface area contributed by atoms with Crippen LogP contribution < -0.4 is 5.32 Å². The van der Waals surface area contributed by atoms with Crippen LogP contribution in [-0.4, -0.2) is 27.4 Å². The van der Waals surface area contributed by atoms with E-state index in [2.05, 4.69) is 22.3 Å². The molecule has 0 aromatic carbocycles. The van der Waals surface area contributed by atoms with Gasteiger partial charge in [-0.15, -0.1) is 0 Å². The number of hydrogen-bond donors (Lipinski definition) is 1. The van der Waals surface area contributed by atoms with E-state index in [-0.39, 0.29) is 0 Å². The summed E-state index contributed by atoms with van der Waals surface area (Å²) in [7, 11) is 1.97. The van der Waals surface area contributed by atoms with Gasteiger partial charge in [-0.1, -0.05) is 32.6 Å². The van der Waals surface area contributed by atoms with Crippen molar-refractivity contribution in [2.75, 3.05) is 6.54 Å². The summed E-state index contributed by atoms with van der Waals surface area (Å²) in [5, 5.41) is 7.74. The third kappa shape index (κ3) is 3.80. The lowest BCUT2D eigenvalue weighted by atomic mass is 9.97. The molecule has 1 aromatic rings. The Morgan fingerprint density at radius 2 is 2.22 bits per heavy atom. The van der Waals surface area contributed by atoms with Gasteiger partial charge >= 0.3 is 0 Å². The number of nitrogens with zero attached hydrogens (tertiary/aromatic N) is 3. The number of rotatable bonds is 7. The molecular formula is C14H26N4. The van der Waals surface area contributed by atoms with Crippen molar-refractivity contribution in [3.05, 3.63) is 12.2 Å². The van der Waals surface area contributed by atoms with Gasteiger partial charge in [-0.25, -0.2) is 4.98 Å².